The summed E-state index contributed by atoms with van der Waals surface area (Å²) >= 11 is 0. The number of allylic oxidation sites excluding steroid dienone is 1. The van der Waals surface area contributed by atoms with Crippen molar-refractivity contribution in [3.8, 4) is 0 Å². The van der Waals surface area contributed by atoms with Gasteiger partial charge in [0.25, 0.3) is 0 Å². The Balaban J connectivity index is 1.54. The predicted molar refractivity (Wildman–Crippen MR) is 86.2 cm³/mol. The Morgan fingerprint density at radius 3 is 3.09 bits per heavy atom. The Bertz CT molecular complexity index is 469. The monoisotopic (exact) mass is 305 g/mol. The zero-order valence-electron chi connectivity index (χ0n) is 13.1. The molecule has 0 bridgehead atoms. The van der Waals surface area contributed by atoms with Crippen LogP contribution < -0.4 is 5.73 Å². The van der Waals surface area contributed by atoms with Gasteiger partial charge in [-0.15, -0.1) is 0 Å². The molecule has 2 aliphatic carbocycles. The van der Waals surface area contributed by atoms with Gasteiger partial charge in [-0.1, -0.05) is 24.3 Å². The van der Waals surface area contributed by atoms with Crippen molar-refractivity contribution in [2.45, 2.75) is 56.8 Å². The molecule has 0 aromatic carbocycles. The summed E-state index contributed by atoms with van der Waals surface area (Å²) in [6, 6.07) is 0.276. The quantitative estimate of drug-likeness (QED) is 0.766. The lowest BCUT2D eigenvalue weighted by Crippen LogP contribution is -2.32. The maximum absolute atomic E-state index is 10.5. The van der Waals surface area contributed by atoms with Crippen LogP contribution in [-0.4, -0.2) is 36.6 Å². The largest absolute Gasteiger partial charge is 0.492 e. The zero-order valence-corrected chi connectivity index (χ0v) is 13.1. The zero-order chi connectivity index (χ0) is 15.4. The highest BCUT2D eigenvalue weighted by molar-refractivity contribution is 5.33. The lowest BCUT2D eigenvalue weighted by atomic mass is 9.86. The summed E-state index contributed by atoms with van der Waals surface area (Å²) in [5.41, 5.74) is 7.06. The molecular formula is C18H27NO3. The van der Waals surface area contributed by atoms with E-state index in [9.17, 15) is 5.11 Å². The Hall–Kier alpha value is -1.10. The van der Waals surface area contributed by atoms with Crippen LogP contribution in [0.15, 0.2) is 35.6 Å². The average Bonchev–Trinajstić information content (AvgIpc) is 2.56. The van der Waals surface area contributed by atoms with E-state index in [0.717, 1.165) is 49.9 Å². The van der Waals surface area contributed by atoms with Crippen LogP contribution in [0.4, 0.5) is 0 Å². The van der Waals surface area contributed by atoms with Gasteiger partial charge < -0.3 is 20.3 Å². The van der Waals surface area contributed by atoms with E-state index in [-0.39, 0.29) is 12.1 Å². The van der Waals surface area contributed by atoms with Crippen LogP contribution in [0.3, 0.4) is 0 Å². The summed E-state index contributed by atoms with van der Waals surface area (Å²) in [6.07, 6.45) is 13.9. The fourth-order valence-electron chi connectivity index (χ4n) is 3.56. The first-order valence-electron chi connectivity index (χ1n) is 8.51. The second kappa shape index (κ2) is 7.44. The third-order valence-corrected chi connectivity index (χ3v) is 4.86. The van der Waals surface area contributed by atoms with Crippen molar-refractivity contribution in [2.24, 2.45) is 11.7 Å². The first kappa shape index (κ1) is 15.8. The fourth-order valence-corrected chi connectivity index (χ4v) is 3.56. The average molecular weight is 305 g/mol. The lowest BCUT2D eigenvalue weighted by molar-refractivity contribution is -0.0452. The van der Waals surface area contributed by atoms with Crippen molar-refractivity contribution in [3.63, 3.8) is 0 Å². The number of aliphatic hydroxyl groups excluding tert-OH is 1. The highest BCUT2D eigenvalue weighted by Gasteiger charge is 2.28. The van der Waals surface area contributed by atoms with Gasteiger partial charge in [0.15, 0.2) is 0 Å². The summed E-state index contributed by atoms with van der Waals surface area (Å²) < 4.78 is 11.4. The molecule has 0 aromatic rings. The molecular weight excluding hydrogens is 278 g/mol. The highest BCUT2D eigenvalue weighted by atomic mass is 16.6. The van der Waals surface area contributed by atoms with Gasteiger partial charge in [0.2, 0.25) is 0 Å². The standard InChI is InChI=1S/C18H27NO3/c19-15-8-2-1-5-13(15)6-3-9-16(20)14-7-4-10-17-18(14)22-12-11-21-17/h1,4-5,7,13,15-17,20H,2-3,6,8-12,19H2. The van der Waals surface area contributed by atoms with Crippen LogP contribution in [-0.2, 0) is 9.47 Å². The van der Waals surface area contributed by atoms with Crippen molar-refractivity contribution in [3.05, 3.63) is 35.6 Å². The molecule has 4 heteroatoms. The highest BCUT2D eigenvalue weighted by Crippen LogP contribution is 2.30. The first-order chi connectivity index (χ1) is 10.8. The van der Waals surface area contributed by atoms with Gasteiger partial charge >= 0.3 is 0 Å². The van der Waals surface area contributed by atoms with Gasteiger partial charge in [-0.2, -0.15) is 0 Å². The van der Waals surface area contributed by atoms with Gasteiger partial charge in [0.05, 0.1) is 12.7 Å². The molecule has 3 N–H and O–H groups in total. The maximum Gasteiger partial charge on any atom is 0.131 e. The molecule has 0 saturated carbocycles. The van der Waals surface area contributed by atoms with Crippen LogP contribution in [0.2, 0.25) is 0 Å². The van der Waals surface area contributed by atoms with Crippen LogP contribution in [0.5, 0.6) is 0 Å². The van der Waals surface area contributed by atoms with E-state index in [2.05, 4.69) is 18.2 Å². The van der Waals surface area contributed by atoms with Crippen LogP contribution in [0.1, 0.15) is 38.5 Å². The van der Waals surface area contributed by atoms with E-state index in [1.165, 1.54) is 0 Å². The number of aliphatic hydroxyl groups is 1. The molecule has 3 aliphatic rings. The minimum atomic E-state index is -0.473. The van der Waals surface area contributed by atoms with Crippen molar-refractivity contribution in [1.29, 1.82) is 0 Å². The second-order valence-electron chi connectivity index (χ2n) is 6.45. The third-order valence-electron chi connectivity index (χ3n) is 4.86. The molecule has 0 radical (unpaired) electrons. The van der Waals surface area contributed by atoms with E-state index >= 15 is 0 Å². The van der Waals surface area contributed by atoms with Crippen molar-refractivity contribution in [1.82, 2.24) is 0 Å². The fraction of sp³-hybridized carbons (Fsp3) is 0.667. The SMILES string of the molecule is NC1CCC=CC1CCCC(O)C1=C2OCCOC2CC=C1. The Morgan fingerprint density at radius 2 is 2.23 bits per heavy atom. The van der Waals surface area contributed by atoms with Gasteiger partial charge in [0.1, 0.15) is 18.5 Å². The number of fused-ring (bicyclic) bond motifs is 1. The molecule has 122 valence electrons. The molecule has 4 nitrogen and oxygen atoms in total. The van der Waals surface area contributed by atoms with Gasteiger partial charge in [0, 0.05) is 11.6 Å². The van der Waals surface area contributed by atoms with Gasteiger partial charge in [-0.25, -0.2) is 0 Å². The number of hydrogen-bond donors (Lipinski definition) is 2. The minimum absolute atomic E-state index is 0.00176. The van der Waals surface area contributed by atoms with Crippen LogP contribution in [0, 0.1) is 5.92 Å². The molecule has 0 aromatic heterocycles. The van der Waals surface area contributed by atoms with Gasteiger partial charge in [-0.05, 0) is 44.4 Å². The first-order valence-corrected chi connectivity index (χ1v) is 8.51. The van der Waals surface area contributed by atoms with E-state index < -0.39 is 6.10 Å². The number of rotatable bonds is 5. The summed E-state index contributed by atoms with van der Waals surface area (Å²) in [7, 11) is 0. The number of nitrogens with two attached hydrogens (primary N) is 1. The van der Waals surface area contributed by atoms with Crippen molar-refractivity contribution >= 4 is 0 Å². The molecule has 1 aliphatic heterocycles. The Labute approximate surface area is 132 Å². The predicted octanol–water partition coefficient (Wildman–Crippen LogP) is 2.44. The molecule has 4 unspecified atom stereocenters. The maximum atomic E-state index is 10.5. The van der Waals surface area contributed by atoms with Gasteiger partial charge in [-0.3, -0.25) is 0 Å². The smallest absolute Gasteiger partial charge is 0.131 e. The van der Waals surface area contributed by atoms with E-state index in [0.29, 0.717) is 19.1 Å². The molecule has 22 heavy (non-hydrogen) atoms. The minimum Gasteiger partial charge on any atom is -0.492 e. The topological polar surface area (TPSA) is 64.7 Å². The van der Waals surface area contributed by atoms with Crippen molar-refractivity contribution in [2.75, 3.05) is 13.2 Å². The summed E-state index contributed by atoms with van der Waals surface area (Å²) in [5, 5.41) is 10.5. The lowest BCUT2D eigenvalue weighted by Gasteiger charge is -2.31. The van der Waals surface area contributed by atoms with E-state index in [1.807, 2.05) is 6.08 Å². The number of ether oxygens (including phenoxy) is 2. The van der Waals surface area contributed by atoms with E-state index in [4.69, 9.17) is 15.2 Å². The van der Waals surface area contributed by atoms with E-state index in [1.54, 1.807) is 0 Å². The Kier molecular flexibility index (Phi) is 5.34. The summed E-state index contributed by atoms with van der Waals surface area (Å²) in [5.74, 6) is 1.30. The molecule has 4 atom stereocenters. The molecule has 1 saturated heterocycles. The second-order valence-corrected chi connectivity index (χ2v) is 6.45. The molecule has 0 amide bonds. The normalized spacial score (nSPS) is 32.5. The third kappa shape index (κ3) is 3.62. The molecule has 1 fully saturated rings. The molecule has 0 spiro atoms. The van der Waals surface area contributed by atoms with Crippen molar-refractivity contribution < 1.29 is 14.6 Å². The van der Waals surface area contributed by atoms with Crippen LogP contribution in [0.25, 0.3) is 0 Å². The summed E-state index contributed by atoms with van der Waals surface area (Å²) in [6.45, 7) is 1.22. The molecule has 1 heterocycles. The number of hydrogen-bond acceptors (Lipinski definition) is 4. The summed E-state index contributed by atoms with van der Waals surface area (Å²) in [4.78, 5) is 0. The molecule has 3 rings (SSSR count). The van der Waals surface area contributed by atoms with Crippen LogP contribution >= 0.6 is 0 Å². The Morgan fingerprint density at radius 1 is 1.32 bits per heavy atom.